The molecule has 2 rings (SSSR count). The Kier molecular flexibility index (Phi) is 1.85. The molecule has 3 N–H and O–H groups in total. The first-order valence-electron chi connectivity index (χ1n) is 4.03. The van der Waals surface area contributed by atoms with Crippen molar-refractivity contribution >= 4 is 17.7 Å². The van der Waals surface area contributed by atoms with Gasteiger partial charge in [0.2, 0.25) is 5.91 Å². The number of hydrogen-bond acceptors (Lipinski definition) is 3. The monoisotopic (exact) mass is 192 g/mol. The standard InChI is InChI=1S/C9H8N2O3/c10-8(12)5-1-2-7-6(3-5)4-14-9(13)11-7/h1-3H,4H2,(H2,10,12)(H,11,13). The molecule has 1 aromatic carbocycles. The van der Waals surface area contributed by atoms with E-state index < -0.39 is 12.0 Å². The fraction of sp³-hybridized carbons (Fsp3) is 0.111. The number of nitrogens with one attached hydrogen (secondary N) is 1. The minimum absolute atomic E-state index is 0.169. The van der Waals surface area contributed by atoms with Crippen LogP contribution in [0.15, 0.2) is 18.2 Å². The number of anilines is 1. The summed E-state index contributed by atoms with van der Waals surface area (Å²) in [6.45, 7) is 0.169. The van der Waals surface area contributed by atoms with Gasteiger partial charge in [-0.15, -0.1) is 0 Å². The maximum atomic E-state index is 10.8. The predicted molar refractivity (Wildman–Crippen MR) is 48.8 cm³/mol. The lowest BCUT2D eigenvalue weighted by molar-refractivity contribution is 0.1000. The second-order valence-corrected chi connectivity index (χ2v) is 2.94. The summed E-state index contributed by atoms with van der Waals surface area (Å²) in [7, 11) is 0. The maximum absolute atomic E-state index is 10.8. The van der Waals surface area contributed by atoms with Gasteiger partial charge in [-0.2, -0.15) is 0 Å². The first-order valence-corrected chi connectivity index (χ1v) is 4.03. The van der Waals surface area contributed by atoms with Crippen molar-refractivity contribution < 1.29 is 14.3 Å². The summed E-state index contributed by atoms with van der Waals surface area (Å²) in [4.78, 5) is 21.7. The summed E-state index contributed by atoms with van der Waals surface area (Å²) in [5, 5.41) is 2.51. The largest absolute Gasteiger partial charge is 0.444 e. The van der Waals surface area contributed by atoms with Gasteiger partial charge < -0.3 is 10.5 Å². The Labute approximate surface area is 79.8 Å². The van der Waals surface area contributed by atoms with Crippen molar-refractivity contribution in [2.75, 3.05) is 5.32 Å². The van der Waals surface area contributed by atoms with Crippen molar-refractivity contribution in [3.63, 3.8) is 0 Å². The molecule has 1 aromatic rings. The van der Waals surface area contributed by atoms with Gasteiger partial charge in [-0.3, -0.25) is 10.1 Å². The minimum atomic E-state index is -0.496. The van der Waals surface area contributed by atoms with Crippen LogP contribution in [-0.2, 0) is 11.3 Å². The Morgan fingerprint density at radius 1 is 1.50 bits per heavy atom. The van der Waals surface area contributed by atoms with Crippen LogP contribution < -0.4 is 11.1 Å². The van der Waals surface area contributed by atoms with Crippen molar-refractivity contribution in [1.29, 1.82) is 0 Å². The summed E-state index contributed by atoms with van der Waals surface area (Å²) >= 11 is 0. The van der Waals surface area contributed by atoms with E-state index in [2.05, 4.69) is 5.32 Å². The van der Waals surface area contributed by atoms with Gasteiger partial charge in [0.1, 0.15) is 6.61 Å². The van der Waals surface area contributed by atoms with E-state index in [1.807, 2.05) is 0 Å². The van der Waals surface area contributed by atoms with Gasteiger partial charge in [0, 0.05) is 11.1 Å². The van der Waals surface area contributed by atoms with Crippen LogP contribution in [0.1, 0.15) is 15.9 Å². The molecule has 0 aliphatic carbocycles. The normalized spacial score (nSPS) is 13.9. The van der Waals surface area contributed by atoms with Crippen LogP contribution in [0, 0.1) is 0 Å². The molecule has 14 heavy (non-hydrogen) atoms. The van der Waals surface area contributed by atoms with Gasteiger partial charge >= 0.3 is 6.09 Å². The lowest BCUT2D eigenvalue weighted by Crippen LogP contribution is -2.21. The first kappa shape index (κ1) is 8.55. The summed E-state index contributed by atoms with van der Waals surface area (Å²) in [6, 6.07) is 4.81. The molecule has 0 saturated heterocycles. The van der Waals surface area contributed by atoms with E-state index in [4.69, 9.17) is 10.5 Å². The highest BCUT2D eigenvalue weighted by molar-refractivity contribution is 5.95. The SMILES string of the molecule is NC(=O)c1ccc2c(c1)COC(=O)N2. The molecule has 0 unspecified atom stereocenters. The maximum Gasteiger partial charge on any atom is 0.411 e. The zero-order valence-electron chi connectivity index (χ0n) is 7.24. The molecule has 5 nitrogen and oxygen atoms in total. The molecule has 2 amide bonds. The van der Waals surface area contributed by atoms with Gasteiger partial charge in [0.15, 0.2) is 0 Å². The number of carbonyl (C=O) groups excluding carboxylic acids is 2. The Morgan fingerprint density at radius 3 is 3.00 bits per heavy atom. The quantitative estimate of drug-likeness (QED) is 0.691. The molecule has 0 radical (unpaired) electrons. The number of amides is 2. The highest BCUT2D eigenvalue weighted by atomic mass is 16.5. The topological polar surface area (TPSA) is 81.4 Å². The van der Waals surface area contributed by atoms with Crippen LogP contribution in [0.3, 0.4) is 0 Å². The van der Waals surface area contributed by atoms with Crippen molar-refractivity contribution in [3.05, 3.63) is 29.3 Å². The first-order chi connectivity index (χ1) is 6.66. The molecule has 1 aliphatic rings. The molecule has 0 bridgehead atoms. The molecule has 5 heteroatoms. The van der Waals surface area contributed by atoms with E-state index in [0.29, 0.717) is 11.3 Å². The number of nitrogens with two attached hydrogens (primary N) is 1. The molecule has 0 fully saturated rings. The molecule has 1 aliphatic heterocycles. The lowest BCUT2D eigenvalue weighted by Gasteiger charge is -2.17. The number of hydrogen-bond donors (Lipinski definition) is 2. The molecular formula is C9H8N2O3. The van der Waals surface area contributed by atoms with Gasteiger partial charge in [0.25, 0.3) is 0 Å². The van der Waals surface area contributed by atoms with Crippen LogP contribution >= 0.6 is 0 Å². The molecule has 1 heterocycles. The fourth-order valence-electron chi connectivity index (χ4n) is 1.28. The van der Waals surface area contributed by atoms with Gasteiger partial charge in [0.05, 0.1) is 5.69 Å². The van der Waals surface area contributed by atoms with Crippen molar-refractivity contribution in [2.45, 2.75) is 6.61 Å². The minimum Gasteiger partial charge on any atom is -0.444 e. The number of fused-ring (bicyclic) bond motifs is 1. The molecule has 72 valence electrons. The number of primary amides is 1. The van der Waals surface area contributed by atoms with Crippen molar-refractivity contribution in [3.8, 4) is 0 Å². The van der Waals surface area contributed by atoms with Crippen LogP contribution in [-0.4, -0.2) is 12.0 Å². The van der Waals surface area contributed by atoms with Crippen molar-refractivity contribution in [2.24, 2.45) is 5.73 Å². The number of carbonyl (C=O) groups is 2. The molecule has 0 spiro atoms. The number of cyclic esters (lactones) is 1. The van der Waals surface area contributed by atoms with Crippen LogP contribution in [0.25, 0.3) is 0 Å². The zero-order valence-corrected chi connectivity index (χ0v) is 7.24. The summed E-state index contributed by atoms with van der Waals surface area (Å²) in [6.07, 6.45) is -0.482. The number of ether oxygens (including phenoxy) is 1. The Bertz CT molecular complexity index is 415. The van der Waals surface area contributed by atoms with Crippen LogP contribution in [0.5, 0.6) is 0 Å². The fourth-order valence-corrected chi connectivity index (χ4v) is 1.28. The van der Waals surface area contributed by atoms with Crippen LogP contribution in [0.4, 0.5) is 10.5 Å². The average molecular weight is 192 g/mol. The molecule has 0 atom stereocenters. The Balaban J connectivity index is 2.41. The van der Waals surface area contributed by atoms with Gasteiger partial charge in [-0.05, 0) is 18.2 Å². The van der Waals surface area contributed by atoms with E-state index in [9.17, 15) is 9.59 Å². The molecule has 0 saturated carbocycles. The van der Waals surface area contributed by atoms with E-state index in [-0.39, 0.29) is 6.61 Å². The van der Waals surface area contributed by atoms with Gasteiger partial charge in [-0.25, -0.2) is 4.79 Å². The van der Waals surface area contributed by atoms with Crippen LogP contribution in [0.2, 0.25) is 0 Å². The zero-order chi connectivity index (χ0) is 10.1. The summed E-state index contributed by atoms with van der Waals surface area (Å²) < 4.78 is 4.74. The van der Waals surface area contributed by atoms with Gasteiger partial charge in [-0.1, -0.05) is 0 Å². The summed E-state index contributed by atoms with van der Waals surface area (Å²) in [5.74, 6) is -0.496. The third kappa shape index (κ3) is 1.39. The Morgan fingerprint density at radius 2 is 2.29 bits per heavy atom. The number of benzene rings is 1. The van der Waals surface area contributed by atoms with E-state index >= 15 is 0 Å². The Hall–Kier alpha value is -2.04. The van der Waals surface area contributed by atoms with Crippen molar-refractivity contribution in [1.82, 2.24) is 0 Å². The molecular weight excluding hydrogens is 184 g/mol. The lowest BCUT2D eigenvalue weighted by atomic mass is 10.1. The third-order valence-corrected chi connectivity index (χ3v) is 1.99. The third-order valence-electron chi connectivity index (χ3n) is 1.99. The second-order valence-electron chi connectivity index (χ2n) is 2.94. The smallest absolute Gasteiger partial charge is 0.411 e. The highest BCUT2D eigenvalue weighted by Crippen LogP contribution is 2.22. The molecule has 0 aromatic heterocycles. The second kappa shape index (κ2) is 3.02. The average Bonchev–Trinajstić information content (AvgIpc) is 2.16. The number of rotatable bonds is 1. The van der Waals surface area contributed by atoms with E-state index in [1.165, 1.54) is 0 Å². The van der Waals surface area contributed by atoms with E-state index in [0.717, 1.165) is 5.56 Å². The summed E-state index contributed by atoms with van der Waals surface area (Å²) in [5.41, 5.74) is 6.92. The predicted octanol–water partition coefficient (Wildman–Crippen LogP) is 0.848. The highest BCUT2D eigenvalue weighted by Gasteiger charge is 2.16. The van der Waals surface area contributed by atoms with E-state index in [1.54, 1.807) is 18.2 Å².